The second-order valence-corrected chi connectivity index (χ2v) is 7.17. The number of sulfonamides is 1. The van der Waals surface area contributed by atoms with Crippen molar-refractivity contribution in [3.05, 3.63) is 65.7 Å². The van der Waals surface area contributed by atoms with E-state index in [4.69, 9.17) is 11.6 Å². The molecule has 1 atom stereocenters. The molecule has 2 aromatic carbocycles. The van der Waals surface area contributed by atoms with Crippen LogP contribution in [-0.4, -0.2) is 15.0 Å². The van der Waals surface area contributed by atoms with Gasteiger partial charge >= 0.3 is 0 Å². The van der Waals surface area contributed by atoms with Gasteiger partial charge in [-0.3, -0.25) is 0 Å². The fraction of sp³-hybridized carbons (Fsp3) is 0.250. The summed E-state index contributed by atoms with van der Waals surface area (Å²) in [7, 11) is -3.46. The van der Waals surface area contributed by atoms with Gasteiger partial charge in [0.1, 0.15) is 0 Å². The minimum Gasteiger partial charge on any atom is -0.211 e. The van der Waals surface area contributed by atoms with Gasteiger partial charge in [-0.05, 0) is 31.0 Å². The third-order valence-corrected chi connectivity index (χ3v) is 5.13. The van der Waals surface area contributed by atoms with E-state index in [1.54, 1.807) is 24.3 Å². The Kier molecular flexibility index (Phi) is 5.39. The highest BCUT2D eigenvalue weighted by Crippen LogP contribution is 2.23. The van der Waals surface area contributed by atoms with Crippen LogP contribution >= 0.6 is 11.6 Å². The molecule has 2 aromatic rings. The van der Waals surface area contributed by atoms with Gasteiger partial charge in [-0.1, -0.05) is 48.0 Å². The first kappa shape index (κ1) is 16.0. The fourth-order valence-electron chi connectivity index (χ4n) is 1.95. The maximum atomic E-state index is 12.1. The van der Waals surface area contributed by atoms with Gasteiger partial charge in [0.15, 0.2) is 0 Å². The van der Waals surface area contributed by atoms with Crippen LogP contribution in [0.4, 0.5) is 0 Å². The maximum absolute atomic E-state index is 12.1. The van der Waals surface area contributed by atoms with E-state index < -0.39 is 10.0 Å². The van der Waals surface area contributed by atoms with E-state index in [1.807, 2.05) is 37.3 Å². The van der Waals surface area contributed by atoms with E-state index in [1.165, 1.54) is 0 Å². The summed E-state index contributed by atoms with van der Waals surface area (Å²) in [6.07, 6.45) is 0.538. The molecule has 0 amide bonds. The molecule has 0 bridgehead atoms. The Balaban J connectivity index is 1.92. The quantitative estimate of drug-likeness (QED) is 0.825. The van der Waals surface area contributed by atoms with E-state index >= 15 is 0 Å². The van der Waals surface area contributed by atoms with Crippen LogP contribution in [0.5, 0.6) is 0 Å². The number of benzene rings is 2. The molecule has 0 heterocycles. The molecule has 0 aliphatic carbocycles. The van der Waals surface area contributed by atoms with Gasteiger partial charge < -0.3 is 0 Å². The number of alkyl halides is 1. The molecule has 1 unspecified atom stereocenters. The zero-order chi connectivity index (χ0) is 15.3. The zero-order valence-corrected chi connectivity index (χ0v) is 13.4. The summed E-state index contributed by atoms with van der Waals surface area (Å²) in [5.41, 5.74) is 2.02. The van der Waals surface area contributed by atoms with E-state index in [9.17, 15) is 8.42 Å². The SMILES string of the molecule is Cc1ccc(S(=O)(=O)NCCC(Cl)c2ccccc2)cc1. The van der Waals surface area contributed by atoms with Crippen LogP contribution in [0.3, 0.4) is 0 Å². The number of aryl methyl sites for hydroxylation is 1. The van der Waals surface area contributed by atoms with E-state index in [-0.39, 0.29) is 10.3 Å². The van der Waals surface area contributed by atoms with Crippen LogP contribution < -0.4 is 4.72 Å². The molecule has 1 N–H and O–H groups in total. The molecular formula is C16H18ClNO2S. The predicted molar refractivity (Wildman–Crippen MR) is 86.0 cm³/mol. The lowest BCUT2D eigenvalue weighted by atomic mass is 10.1. The van der Waals surface area contributed by atoms with Crippen molar-refractivity contribution in [3.8, 4) is 0 Å². The monoisotopic (exact) mass is 323 g/mol. The molecule has 3 nitrogen and oxygen atoms in total. The molecule has 0 spiro atoms. The number of hydrogen-bond donors (Lipinski definition) is 1. The van der Waals surface area contributed by atoms with Crippen LogP contribution in [0.25, 0.3) is 0 Å². The molecular weight excluding hydrogens is 306 g/mol. The minimum atomic E-state index is -3.46. The lowest BCUT2D eigenvalue weighted by Crippen LogP contribution is -2.25. The third kappa shape index (κ3) is 4.56. The summed E-state index contributed by atoms with van der Waals surface area (Å²) < 4.78 is 26.8. The van der Waals surface area contributed by atoms with Crippen LogP contribution in [0, 0.1) is 6.92 Å². The molecule has 0 fully saturated rings. The van der Waals surface area contributed by atoms with E-state index in [2.05, 4.69) is 4.72 Å². The first-order valence-corrected chi connectivity index (χ1v) is 8.66. The lowest BCUT2D eigenvalue weighted by molar-refractivity contribution is 0.578. The molecule has 5 heteroatoms. The first-order valence-electron chi connectivity index (χ1n) is 6.74. The smallest absolute Gasteiger partial charge is 0.211 e. The summed E-state index contributed by atoms with van der Waals surface area (Å²) >= 11 is 6.27. The molecule has 0 radical (unpaired) electrons. The summed E-state index contributed by atoms with van der Waals surface area (Å²) in [6.45, 7) is 2.22. The first-order chi connectivity index (χ1) is 9.99. The second kappa shape index (κ2) is 7.07. The number of halogens is 1. The number of hydrogen-bond acceptors (Lipinski definition) is 2. The van der Waals surface area contributed by atoms with Gasteiger partial charge in [-0.25, -0.2) is 13.1 Å². The van der Waals surface area contributed by atoms with Crippen molar-refractivity contribution >= 4 is 21.6 Å². The van der Waals surface area contributed by atoms with Gasteiger partial charge in [-0.2, -0.15) is 0 Å². The van der Waals surface area contributed by atoms with Gasteiger partial charge in [0, 0.05) is 6.54 Å². The molecule has 0 saturated carbocycles. The van der Waals surface area contributed by atoms with Crippen molar-refractivity contribution in [1.29, 1.82) is 0 Å². The average molecular weight is 324 g/mol. The Labute approximate surface area is 131 Å². The maximum Gasteiger partial charge on any atom is 0.240 e. The summed E-state index contributed by atoms with van der Waals surface area (Å²) in [5, 5.41) is -0.202. The third-order valence-electron chi connectivity index (χ3n) is 3.18. The van der Waals surface area contributed by atoms with Crippen molar-refractivity contribution in [3.63, 3.8) is 0 Å². The Hall–Kier alpha value is -1.36. The Morgan fingerprint density at radius 3 is 2.29 bits per heavy atom. The standard InChI is InChI=1S/C16H18ClNO2S/c1-13-7-9-15(10-8-13)21(19,20)18-12-11-16(17)14-5-3-2-4-6-14/h2-10,16,18H,11-12H2,1H3. The predicted octanol–water partition coefficient (Wildman–Crippen LogP) is 3.64. The topological polar surface area (TPSA) is 46.2 Å². The molecule has 0 aliphatic rings. The largest absolute Gasteiger partial charge is 0.240 e. The molecule has 112 valence electrons. The van der Waals surface area contributed by atoms with Gasteiger partial charge in [0.05, 0.1) is 10.3 Å². The normalized spacial score (nSPS) is 13.0. The van der Waals surface area contributed by atoms with E-state index in [0.29, 0.717) is 13.0 Å². The van der Waals surface area contributed by atoms with Gasteiger partial charge in [0.2, 0.25) is 10.0 Å². The van der Waals surface area contributed by atoms with Crippen molar-refractivity contribution in [2.45, 2.75) is 23.6 Å². The Bertz CT molecular complexity index is 669. The van der Waals surface area contributed by atoms with Crippen LogP contribution in [-0.2, 0) is 10.0 Å². The van der Waals surface area contributed by atoms with Crippen molar-refractivity contribution in [2.75, 3.05) is 6.54 Å². The lowest BCUT2D eigenvalue weighted by Gasteiger charge is -2.11. The van der Waals surface area contributed by atoms with Crippen LogP contribution in [0.15, 0.2) is 59.5 Å². The van der Waals surface area contributed by atoms with Crippen LogP contribution in [0.2, 0.25) is 0 Å². The van der Waals surface area contributed by atoms with Crippen LogP contribution in [0.1, 0.15) is 22.9 Å². The second-order valence-electron chi connectivity index (χ2n) is 4.88. The Morgan fingerprint density at radius 1 is 1.05 bits per heavy atom. The highest BCUT2D eigenvalue weighted by molar-refractivity contribution is 7.89. The molecule has 0 saturated heterocycles. The summed E-state index contributed by atoms with van der Waals surface area (Å²) in [6, 6.07) is 16.4. The summed E-state index contributed by atoms with van der Waals surface area (Å²) in [5.74, 6) is 0. The highest BCUT2D eigenvalue weighted by atomic mass is 35.5. The molecule has 2 rings (SSSR count). The van der Waals surface area contributed by atoms with Crippen molar-refractivity contribution in [2.24, 2.45) is 0 Å². The molecule has 21 heavy (non-hydrogen) atoms. The summed E-state index contributed by atoms with van der Waals surface area (Å²) in [4.78, 5) is 0.277. The fourth-order valence-corrected chi connectivity index (χ4v) is 3.25. The Morgan fingerprint density at radius 2 is 1.67 bits per heavy atom. The van der Waals surface area contributed by atoms with Gasteiger partial charge in [0.25, 0.3) is 0 Å². The number of nitrogens with one attached hydrogen (secondary N) is 1. The number of rotatable bonds is 6. The van der Waals surface area contributed by atoms with Gasteiger partial charge in [-0.15, -0.1) is 11.6 Å². The van der Waals surface area contributed by atoms with E-state index in [0.717, 1.165) is 11.1 Å². The van der Waals surface area contributed by atoms with Crippen molar-refractivity contribution < 1.29 is 8.42 Å². The minimum absolute atomic E-state index is 0.202. The molecule has 0 aromatic heterocycles. The zero-order valence-electron chi connectivity index (χ0n) is 11.8. The highest BCUT2D eigenvalue weighted by Gasteiger charge is 2.14. The molecule has 0 aliphatic heterocycles. The van der Waals surface area contributed by atoms with Crippen molar-refractivity contribution in [1.82, 2.24) is 4.72 Å². The average Bonchev–Trinajstić information content (AvgIpc) is 2.48.